The zero-order valence-corrected chi connectivity index (χ0v) is 15.1. The summed E-state index contributed by atoms with van der Waals surface area (Å²) in [6.07, 6.45) is 3.09. The molecule has 2 aromatic heterocycles. The number of rotatable bonds is 2. The highest BCUT2D eigenvalue weighted by Gasteiger charge is 2.44. The molecule has 1 atom stereocenters. The van der Waals surface area contributed by atoms with Gasteiger partial charge in [0.2, 0.25) is 11.7 Å². The summed E-state index contributed by atoms with van der Waals surface area (Å²) in [5.74, 6) is -0.248. The Kier molecular flexibility index (Phi) is 3.74. The van der Waals surface area contributed by atoms with Gasteiger partial charge in [-0.15, -0.1) is 0 Å². The largest absolute Gasteiger partial charge is 0.450 e. The fourth-order valence-corrected chi connectivity index (χ4v) is 3.63. The molecule has 1 aliphatic heterocycles. The maximum atomic E-state index is 13.3. The van der Waals surface area contributed by atoms with Gasteiger partial charge in [-0.25, -0.2) is 9.97 Å². The van der Waals surface area contributed by atoms with Gasteiger partial charge >= 0.3 is 0 Å². The van der Waals surface area contributed by atoms with Crippen molar-refractivity contribution < 1.29 is 9.21 Å². The molecule has 2 aromatic carbocycles. The van der Waals surface area contributed by atoms with E-state index in [4.69, 9.17) is 16.0 Å². The lowest BCUT2D eigenvalue weighted by Crippen LogP contribution is -2.31. The summed E-state index contributed by atoms with van der Waals surface area (Å²) in [5.41, 5.74) is 1.11. The first-order valence-electron chi connectivity index (χ1n) is 8.57. The van der Waals surface area contributed by atoms with Gasteiger partial charge in [0.05, 0.1) is 17.0 Å². The van der Waals surface area contributed by atoms with Crippen molar-refractivity contribution in [3.63, 3.8) is 0 Å². The third kappa shape index (κ3) is 2.42. The number of hydrogen-bond donors (Lipinski definition) is 0. The van der Waals surface area contributed by atoms with Gasteiger partial charge < -0.3 is 4.42 Å². The van der Waals surface area contributed by atoms with Crippen LogP contribution in [0.15, 0.2) is 76.2 Å². The van der Waals surface area contributed by atoms with Crippen molar-refractivity contribution in [2.45, 2.75) is 6.04 Å². The van der Waals surface area contributed by atoms with Crippen LogP contribution in [-0.2, 0) is 0 Å². The molecular weight excluding hydrogens is 378 g/mol. The number of fused-ring (bicyclic) bond motifs is 2. The van der Waals surface area contributed by atoms with Crippen LogP contribution in [-0.4, -0.2) is 15.9 Å². The molecule has 0 saturated heterocycles. The highest BCUT2D eigenvalue weighted by Crippen LogP contribution is 2.40. The molecule has 0 bridgehead atoms. The molecule has 4 aromatic rings. The summed E-state index contributed by atoms with van der Waals surface area (Å²) in [6, 6.07) is 14.8. The van der Waals surface area contributed by atoms with E-state index in [9.17, 15) is 9.59 Å². The van der Waals surface area contributed by atoms with Crippen LogP contribution < -0.4 is 10.3 Å². The number of nitrogens with zero attached hydrogens (tertiary/aromatic N) is 3. The zero-order chi connectivity index (χ0) is 19.3. The van der Waals surface area contributed by atoms with Crippen LogP contribution in [0.3, 0.4) is 0 Å². The molecule has 1 aliphatic rings. The summed E-state index contributed by atoms with van der Waals surface area (Å²) in [6.45, 7) is 0. The topological polar surface area (TPSA) is 76.3 Å². The molecule has 0 aliphatic carbocycles. The Hall–Kier alpha value is -3.51. The fraction of sp³-hybridized carbons (Fsp3) is 0.0476. The Labute approximate surface area is 164 Å². The molecule has 1 amide bonds. The van der Waals surface area contributed by atoms with Gasteiger partial charge in [-0.05, 0) is 35.9 Å². The maximum Gasteiger partial charge on any atom is 0.297 e. The lowest BCUT2D eigenvalue weighted by atomic mass is 9.99. The molecule has 0 fully saturated rings. The Bertz CT molecular complexity index is 1270. The minimum absolute atomic E-state index is 0.0103. The second-order valence-corrected chi connectivity index (χ2v) is 6.78. The first kappa shape index (κ1) is 16.6. The van der Waals surface area contributed by atoms with Crippen LogP contribution in [0.4, 0.5) is 5.95 Å². The van der Waals surface area contributed by atoms with Crippen LogP contribution >= 0.6 is 11.6 Å². The van der Waals surface area contributed by atoms with Gasteiger partial charge in [-0.3, -0.25) is 14.5 Å². The van der Waals surface area contributed by atoms with Gasteiger partial charge in [0.25, 0.3) is 5.91 Å². The second-order valence-electron chi connectivity index (χ2n) is 6.35. The molecule has 6 nitrogen and oxygen atoms in total. The van der Waals surface area contributed by atoms with Crippen molar-refractivity contribution >= 4 is 34.4 Å². The minimum Gasteiger partial charge on any atom is -0.450 e. The molecule has 0 spiro atoms. The van der Waals surface area contributed by atoms with Gasteiger partial charge in [-0.1, -0.05) is 35.9 Å². The maximum absolute atomic E-state index is 13.3. The van der Waals surface area contributed by atoms with Gasteiger partial charge in [0, 0.05) is 17.4 Å². The molecule has 0 saturated carbocycles. The quantitative estimate of drug-likeness (QED) is 0.518. The third-order valence-corrected chi connectivity index (χ3v) is 4.98. The predicted molar refractivity (Wildman–Crippen MR) is 105 cm³/mol. The van der Waals surface area contributed by atoms with E-state index in [2.05, 4.69) is 9.97 Å². The van der Waals surface area contributed by atoms with Crippen LogP contribution in [0.2, 0.25) is 5.02 Å². The smallest absolute Gasteiger partial charge is 0.297 e. The number of hydrogen-bond acceptors (Lipinski definition) is 5. The van der Waals surface area contributed by atoms with Crippen molar-refractivity contribution in [2.75, 3.05) is 4.90 Å². The zero-order valence-electron chi connectivity index (χ0n) is 14.4. The monoisotopic (exact) mass is 389 g/mol. The average molecular weight is 390 g/mol. The number of carbonyl (C=O) groups is 1. The van der Waals surface area contributed by atoms with E-state index in [1.807, 2.05) is 0 Å². The van der Waals surface area contributed by atoms with E-state index >= 15 is 0 Å². The van der Waals surface area contributed by atoms with Crippen LogP contribution in [0.25, 0.3) is 11.0 Å². The van der Waals surface area contributed by atoms with Crippen molar-refractivity contribution in [1.82, 2.24) is 9.97 Å². The number of benzene rings is 2. The van der Waals surface area contributed by atoms with Crippen LogP contribution in [0.1, 0.15) is 27.7 Å². The van der Waals surface area contributed by atoms with Crippen molar-refractivity contribution in [3.8, 4) is 0 Å². The summed E-state index contributed by atoms with van der Waals surface area (Å²) in [4.78, 5) is 36.3. The highest BCUT2D eigenvalue weighted by atomic mass is 35.5. The number of amides is 1. The normalized spacial score (nSPS) is 15.8. The van der Waals surface area contributed by atoms with Crippen LogP contribution in [0, 0.1) is 0 Å². The van der Waals surface area contributed by atoms with E-state index in [-0.39, 0.29) is 22.7 Å². The first-order valence-corrected chi connectivity index (χ1v) is 8.95. The molecule has 3 heterocycles. The van der Waals surface area contributed by atoms with Gasteiger partial charge in [0.1, 0.15) is 5.58 Å². The van der Waals surface area contributed by atoms with E-state index in [1.54, 1.807) is 67.0 Å². The summed E-state index contributed by atoms with van der Waals surface area (Å²) >= 11 is 6.02. The molecule has 0 unspecified atom stereocenters. The van der Waals surface area contributed by atoms with E-state index in [1.165, 1.54) is 4.90 Å². The Balaban J connectivity index is 1.83. The van der Waals surface area contributed by atoms with E-state index < -0.39 is 11.9 Å². The van der Waals surface area contributed by atoms with Crippen molar-refractivity contribution in [1.29, 1.82) is 0 Å². The summed E-state index contributed by atoms with van der Waals surface area (Å²) in [5, 5.41) is 0.977. The SMILES string of the molecule is O=C1c2oc3ccccc3c(=O)c2[C@@H](c2ccc(Cl)cc2)N1c1ncccn1. The number of carbonyl (C=O) groups excluding carboxylic acids is 1. The summed E-state index contributed by atoms with van der Waals surface area (Å²) in [7, 11) is 0. The Morgan fingerprint density at radius 3 is 2.39 bits per heavy atom. The number of para-hydroxylation sites is 1. The minimum atomic E-state index is -0.706. The first-order chi connectivity index (χ1) is 13.6. The number of halogens is 1. The molecule has 0 N–H and O–H groups in total. The highest BCUT2D eigenvalue weighted by molar-refractivity contribution is 6.30. The van der Waals surface area contributed by atoms with E-state index in [0.717, 1.165) is 0 Å². The Morgan fingerprint density at radius 2 is 1.64 bits per heavy atom. The number of aromatic nitrogens is 2. The molecule has 7 heteroatoms. The second kappa shape index (κ2) is 6.28. The predicted octanol–water partition coefficient (Wildman–Crippen LogP) is 3.99. The van der Waals surface area contributed by atoms with Crippen molar-refractivity contribution in [3.05, 3.63) is 99.1 Å². The van der Waals surface area contributed by atoms with Gasteiger partial charge in [0.15, 0.2) is 5.43 Å². The van der Waals surface area contributed by atoms with Crippen LogP contribution in [0.5, 0.6) is 0 Å². The molecule has 136 valence electrons. The molecule has 28 heavy (non-hydrogen) atoms. The molecule has 5 rings (SSSR count). The average Bonchev–Trinajstić information content (AvgIpc) is 3.02. The fourth-order valence-electron chi connectivity index (χ4n) is 3.50. The van der Waals surface area contributed by atoms with Crippen molar-refractivity contribution in [2.24, 2.45) is 0 Å². The lowest BCUT2D eigenvalue weighted by Gasteiger charge is -2.22. The van der Waals surface area contributed by atoms with Gasteiger partial charge in [-0.2, -0.15) is 0 Å². The third-order valence-electron chi connectivity index (χ3n) is 4.73. The summed E-state index contributed by atoms with van der Waals surface area (Å²) < 4.78 is 5.85. The number of anilines is 1. The standard InChI is InChI=1S/C21H12ClN3O3/c22-13-8-6-12(7-9-13)17-16-18(26)14-4-1-2-5-15(14)28-19(16)20(27)25(17)21-23-10-3-11-24-21/h1-11,17H/t17-/m1/s1. The lowest BCUT2D eigenvalue weighted by molar-refractivity contribution is 0.0969. The molecular formula is C21H12ClN3O3. The Morgan fingerprint density at radius 1 is 0.929 bits per heavy atom. The van der Waals surface area contributed by atoms with E-state index in [0.29, 0.717) is 21.6 Å². The molecule has 0 radical (unpaired) electrons.